The third kappa shape index (κ3) is 6.88. The molecule has 2 rings (SSSR count). The monoisotopic (exact) mass is 376 g/mol. The van der Waals surface area contributed by atoms with Crippen LogP contribution >= 0.6 is 11.6 Å². The number of nitrogens with one attached hydrogen (secondary N) is 1. The number of hydrogen-bond acceptors (Lipinski definition) is 6. The largest absolute Gasteiger partial charge is 0.466 e. The molecule has 0 aliphatic heterocycles. The van der Waals surface area contributed by atoms with Gasteiger partial charge in [0.1, 0.15) is 0 Å². The van der Waals surface area contributed by atoms with Crippen LogP contribution in [0.1, 0.15) is 44.6 Å². The average Bonchev–Trinajstić information content (AvgIpc) is 2.62. The fourth-order valence-corrected chi connectivity index (χ4v) is 2.68. The van der Waals surface area contributed by atoms with E-state index in [-0.39, 0.29) is 11.3 Å². The minimum absolute atomic E-state index is 0.0961. The molecule has 7 heteroatoms. The molecule has 26 heavy (non-hydrogen) atoms. The molecular weight excluding hydrogens is 352 g/mol. The first-order chi connectivity index (χ1) is 12.6. The van der Waals surface area contributed by atoms with E-state index in [0.717, 1.165) is 37.8 Å². The molecule has 0 saturated carbocycles. The van der Waals surface area contributed by atoms with Crippen molar-refractivity contribution >= 4 is 34.8 Å². The zero-order chi connectivity index (χ0) is 18.8. The Morgan fingerprint density at radius 2 is 1.92 bits per heavy atom. The molecule has 1 aromatic carbocycles. The van der Waals surface area contributed by atoms with E-state index in [1.807, 2.05) is 19.1 Å². The van der Waals surface area contributed by atoms with Gasteiger partial charge in [-0.1, -0.05) is 25.0 Å². The number of carbonyl (C=O) groups excluding carboxylic acids is 1. The number of nitrogen functional groups attached to an aromatic ring is 1. The van der Waals surface area contributed by atoms with Crippen LogP contribution in [-0.2, 0) is 16.0 Å². The molecule has 1 heterocycles. The first-order valence-electron chi connectivity index (χ1n) is 8.88. The lowest BCUT2D eigenvalue weighted by molar-refractivity contribution is -0.143. The summed E-state index contributed by atoms with van der Waals surface area (Å²) in [5.41, 5.74) is 8.44. The topological polar surface area (TPSA) is 90.1 Å². The summed E-state index contributed by atoms with van der Waals surface area (Å²) in [6, 6.07) is 8.15. The second kappa shape index (κ2) is 10.6. The standard InChI is InChI=1S/C19H25ClN4O2/c1-2-26-17(25)8-6-4-3-5-7-14-9-11-15(12-10-14)23-18-16(21)13-22-19(20)24-18/h9-13H,2-8,21H2,1H3,(H,22,23,24). The average molecular weight is 377 g/mol. The zero-order valence-electron chi connectivity index (χ0n) is 15.0. The Morgan fingerprint density at radius 1 is 1.19 bits per heavy atom. The van der Waals surface area contributed by atoms with Gasteiger partial charge in [-0.2, -0.15) is 4.98 Å². The molecule has 0 saturated heterocycles. The van der Waals surface area contributed by atoms with Crippen LogP contribution in [0.5, 0.6) is 0 Å². The van der Waals surface area contributed by atoms with Gasteiger partial charge in [0, 0.05) is 12.1 Å². The summed E-state index contributed by atoms with van der Waals surface area (Å²) in [7, 11) is 0. The maximum atomic E-state index is 11.2. The predicted molar refractivity (Wildman–Crippen MR) is 105 cm³/mol. The number of hydrogen-bond donors (Lipinski definition) is 2. The predicted octanol–water partition coefficient (Wildman–Crippen LogP) is 4.51. The fraction of sp³-hybridized carbons (Fsp3) is 0.421. The van der Waals surface area contributed by atoms with Crippen LogP contribution in [-0.4, -0.2) is 22.5 Å². The van der Waals surface area contributed by atoms with Crippen LogP contribution in [0.4, 0.5) is 17.2 Å². The summed E-state index contributed by atoms with van der Waals surface area (Å²) in [4.78, 5) is 19.2. The number of rotatable bonds is 10. The summed E-state index contributed by atoms with van der Waals surface area (Å²) in [5.74, 6) is 0.403. The molecule has 1 aromatic heterocycles. The highest BCUT2D eigenvalue weighted by molar-refractivity contribution is 6.28. The number of nitrogens with two attached hydrogens (primary N) is 1. The lowest BCUT2D eigenvalue weighted by Crippen LogP contribution is -2.03. The van der Waals surface area contributed by atoms with Gasteiger partial charge in [0.25, 0.3) is 0 Å². The van der Waals surface area contributed by atoms with Crippen LogP contribution in [0.25, 0.3) is 0 Å². The molecule has 0 amide bonds. The number of esters is 1. The van der Waals surface area contributed by atoms with Gasteiger partial charge >= 0.3 is 5.97 Å². The highest BCUT2D eigenvalue weighted by Crippen LogP contribution is 2.22. The molecule has 0 atom stereocenters. The maximum absolute atomic E-state index is 11.2. The molecule has 140 valence electrons. The van der Waals surface area contributed by atoms with Crippen LogP contribution < -0.4 is 11.1 Å². The van der Waals surface area contributed by atoms with Crippen molar-refractivity contribution < 1.29 is 9.53 Å². The van der Waals surface area contributed by atoms with E-state index >= 15 is 0 Å². The van der Waals surface area contributed by atoms with Gasteiger partial charge in [-0.3, -0.25) is 4.79 Å². The molecule has 6 nitrogen and oxygen atoms in total. The second-order valence-electron chi connectivity index (χ2n) is 5.98. The summed E-state index contributed by atoms with van der Waals surface area (Å²) in [5, 5.41) is 3.29. The van der Waals surface area contributed by atoms with E-state index in [9.17, 15) is 4.79 Å². The zero-order valence-corrected chi connectivity index (χ0v) is 15.8. The molecule has 0 unspecified atom stereocenters. The first kappa shape index (κ1) is 20.0. The summed E-state index contributed by atoms with van der Waals surface area (Å²) >= 11 is 5.79. The van der Waals surface area contributed by atoms with Crippen molar-refractivity contribution in [3.8, 4) is 0 Å². The van der Waals surface area contributed by atoms with E-state index < -0.39 is 0 Å². The van der Waals surface area contributed by atoms with Crippen molar-refractivity contribution in [1.82, 2.24) is 9.97 Å². The number of aromatic nitrogens is 2. The highest BCUT2D eigenvalue weighted by Gasteiger charge is 2.04. The van der Waals surface area contributed by atoms with Gasteiger partial charge in [0.05, 0.1) is 18.5 Å². The molecule has 0 spiro atoms. The number of aryl methyl sites for hydroxylation is 1. The minimum Gasteiger partial charge on any atom is -0.466 e. The van der Waals surface area contributed by atoms with E-state index in [4.69, 9.17) is 22.1 Å². The number of unbranched alkanes of at least 4 members (excludes halogenated alkanes) is 3. The van der Waals surface area contributed by atoms with Crippen LogP contribution in [0.15, 0.2) is 30.5 Å². The lowest BCUT2D eigenvalue weighted by atomic mass is 10.1. The molecule has 0 aliphatic carbocycles. The molecule has 2 aromatic rings. The van der Waals surface area contributed by atoms with E-state index in [0.29, 0.717) is 24.5 Å². The van der Waals surface area contributed by atoms with Gasteiger partial charge in [-0.15, -0.1) is 0 Å². The van der Waals surface area contributed by atoms with Gasteiger partial charge in [0.2, 0.25) is 5.28 Å². The van der Waals surface area contributed by atoms with Crippen LogP contribution in [0.2, 0.25) is 5.28 Å². The lowest BCUT2D eigenvalue weighted by Gasteiger charge is -2.09. The Hall–Kier alpha value is -2.34. The number of carbonyl (C=O) groups is 1. The Balaban J connectivity index is 1.71. The van der Waals surface area contributed by atoms with Crippen molar-refractivity contribution in [1.29, 1.82) is 0 Å². The Bertz CT molecular complexity index is 707. The number of anilines is 3. The quantitative estimate of drug-likeness (QED) is 0.360. The van der Waals surface area contributed by atoms with Crippen LogP contribution in [0, 0.1) is 0 Å². The number of ether oxygens (including phenoxy) is 1. The molecule has 3 N–H and O–H groups in total. The number of halogens is 1. The Labute approximate surface area is 159 Å². The molecule has 0 fully saturated rings. The van der Waals surface area contributed by atoms with Crippen molar-refractivity contribution in [2.45, 2.75) is 45.4 Å². The first-order valence-corrected chi connectivity index (χ1v) is 9.26. The van der Waals surface area contributed by atoms with Gasteiger partial charge in [-0.05, 0) is 55.5 Å². The smallest absolute Gasteiger partial charge is 0.305 e. The number of nitrogens with zero attached hydrogens (tertiary/aromatic N) is 2. The Kier molecular flexibility index (Phi) is 8.15. The highest BCUT2D eigenvalue weighted by atomic mass is 35.5. The Morgan fingerprint density at radius 3 is 2.65 bits per heavy atom. The fourth-order valence-electron chi connectivity index (χ4n) is 2.55. The minimum atomic E-state index is -0.0961. The van der Waals surface area contributed by atoms with E-state index in [2.05, 4.69) is 27.4 Å². The van der Waals surface area contributed by atoms with Gasteiger partial charge in [0.15, 0.2) is 5.82 Å². The van der Waals surface area contributed by atoms with Crippen molar-refractivity contribution in [2.24, 2.45) is 0 Å². The van der Waals surface area contributed by atoms with Crippen molar-refractivity contribution in [3.63, 3.8) is 0 Å². The van der Waals surface area contributed by atoms with Crippen LogP contribution in [0.3, 0.4) is 0 Å². The summed E-state index contributed by atoms with van der Waals surface area (Å²) in [6.45, 7) is 2.29. The molecule has 0 aliphatic rings. The third-order valence-corrected chi connectivity index (χ3v) is 4.09. The second-order valence-corrected chi connectivity index (χ2v) is 6.32. The van der Waals surface area contributed by atoms with Gasteiger partial charge in [-0.25, -0.2) is 4.98 Å². The summed E-state index contributed by atoms with van der Waals surface area (Å²) in [6.07, 6.45) is 7.16. The number of benzene rings is 1. The molecule has 0 bridgehead atoms. The normalized spacial score (nSPS) is 10.5. The van der Waals surface area contributed by atoms with E-state index in [1.54, 1.807) is 0 Å². The van der Waals surface area contributed by atoms with Crippen molar-refractivity contribution in [2.75, 3.05) is 17.7 Å². The third-order valence-electron chi connectivity index (χ3n) is 3.91. The molecular formula is C19H25ClN4O2. The van der Waals surface area contributed by atoms with Gasteiger partial charge < -0.3 is 15.8 Å². The van der Waals surface area contributed by atoms with Crippen molar-refractivity contribution in [3.05, 3.63) is 41.3 Å². The SMILES string of the molecule is CCOC(=O)CCCCCCc1ccc(Nc2nc(Cl)ncc2N)cc1. The molecule has 0 radical (unpaired) electrons. The van der Waals surface area contributed by atoms with E-state index in [1.165, 1.54) is 11.8 Å². The maximum Gasteiger partial charge on any atom is 0.305 e. The summed E-state index contributed by atoms with van der Waals surface area (Å²) < 4.78 is 4.92.